The first-order chi connectivity index (χ1) is 11.4. The summed E-state index contributed by atoms with van der Waals surface area (Å²) in [6.07, 6.45) is 3.16. The van der Waals surface area contributed by atoms with Gasteiger partial charge in [0.05, 0.1) is 12.4 Å². The Balaban J connectivity index is 1.68. The molecule has 134 valence electrons. The van der Waals surface area contributed by atoms with Gasteiger partial charge in [0.15, 0.2) is 0 Å². The Bertz CT molecular complexity index is 633. The standard InChI is InChI=1S/C17H26N2O4S/c1-14(15-8-4-3-5-9-15)23-13-7-11-18-17(20)16-10-6-12-19(16)24(2,21)22/h3-5,8-9,14,16H,6-7,10-13H2,1-2H3,(H,18,20). The van der Waals surface area contributed by atoms with E-state index in [0.717, 1.165) is 18.2 Å². The maximum absolute atomic E-state index is 12.2. The zero-order valence-corrected chi connectivity index (χ0v) is 15.1. The van der Waals surface area contributed by atoms with E-state index in [0.29, 0.717) is 32.5 Å². The third-order valence-corrected chi connectivity index (χ3v) is 5.48. The number of ether oxygens (including phenoxy) is 1. The van der Waals surface area contributed by atoms with Gasteiger partial charge in [-0.2, -0.15) is 4.31 Å². The number of carbonyl (C=O) groups is 1. The topological polar surface area (TPSA) is 75.7 Å². The molecule has 1 aliphatic rings. The van der Waals surface area contributed by atoms with Gasteiger partial charge in [-0.1, -0.05) is 30.3 Å². The fraction of sp³-hybridized carbons (Fsp3) is 0.588. The van der Waals surface area contributed by atoms with Crippen molar-refractivity contribution >= 4 is 15.9 Å². The fourth-order valence-electron chi connectivity index (χ4n) is 2.88. The van der Waals surface area contributed by atoms with Crippen LogP contribution in [0.3, 0.4) is 0 Å². The molecule has 0 bridgehead atoms. The van der Waals surface area contributed by atoms with Crippen molar-refractivity contribution in [1.29, 1.82) is 0 Å². The van der Waals surface area contributed by atoms with Crippen LogP contribution in [0.2, 0.25) is 0 Å². The molecule has 1 amide bonds. The Labute approximate surface area is 144 Å². The van der Waals surface area contributed by atoms with E-state index < -0.39 is 16.1 Å². The predicted molar refractivity (Wildman–Crippen MR) is 93.0 cm³/mol. The molecule has 1 saturated heterocycles. The summed E-state index contributed by atoms with van der Waals surface area (Å²) in [5, 5.41) is 2.82. The first kappa shape index (κ1) is 18.9. The van der Waals surface area contributed by atoms with Gasteiger partial charge in [-0.3, -0.25) is 4.79 Å². The number of nitrogens with one attached hydrogen (secondary N) is 1. The van der Waals surface area contributed by atoms with Crippen LogP contribution in [0.25, 0.3) is 0 Å². The largest absolute Gasteiger partial charge is 0.374 e. The van der Waals surface area contributed by atoms with Crippen LogP contribution in [0.4, 0.5) is 0 Å². The highest BCUT2D eigenvalue weighted by Crippen LogP contribution is 2.20. The Kier molecular flexibility index (Phi) is 6.77. The highest BCUT2D eigenvalue weighted by Gasteiger charge is 2.36. The van der Waals surface area contributed by atoms with Crippen LogP contribution in [0.1, 0.15) is 37.9 Å². The van der Waals surface area contributed by atoms with Crippen LogP contribution in [-0.2, 0) is 19.6 Å². The van der Waals surface area contributed by atoms with Gasteiger partial charge in [-0.25, -0.2) is 8.42 Å². The molecule has 1 fully saturated rings. The molecule has 1 aromatic rings. The van der Waals surface area contributed by atoms with Crippen LogP contribution in [-0.4, -0.2) is 50.6 Å². The second-order valence-electron chi connectivity index (χ2n) is 6.10. The highest BCUT2D eigenvalue weighted by atomic mass is 32.2. The summed E-state index contributed by atoms with van der Waals surface area (Å²) in [6.45, 7) is 3.44. The van der Waals surface area contributed by atoms with Gasteiger partial charge >= 0.3 is 0 Å². The van der Waals surface area contributed by atoms with Gasteiger partial charge in [0.2, 0.25) is 15.9 Å². The molecule has 24 heavy (non-hydrogen) atoms. The van der Waals surface area contributed by atoms with Gasteiger partial charge in [0.1, 0.15) is 6.04 Å². The number of amides is 1. The number of sulfonamides is 1. The van der Waals surface area contributed by atoms with E-state index in [9.17, 15) is 13.2 Å². The quantitative estimate of drug-likeness (QED) is 0.721. The Morgan fingerprint density at radius 2 is 2.08 bits per heavy atom. The molecule has 0 saturated carbocycles. The van der Waals surface area contributed by atoms with Gasteiger partial charge in [-0.05, 0) is 31.7 Å². The molecule has 2 unspecified atom stereocenters. The molecule has 0 spiro atoms. The zero-order chi connectivity index (χ0) is 17.6. The smallest absolute Gasteiger partial charge is 0.238 e. The van der Waals surface area contributed by atoms with Gasteiger partial charge in [0.25, 0.3) is 0 Å². The minimum atomic E-state index is -3.33. The lowest BCUT2D eigenvalue weighted by atomic mass is 10.1. The second kappa shape index (κ2) is 8.60. The van der Waals surface area contributed by atoms with E-state index in [2.05, 4.69) is 5.32 Å². The normalized spacial score (nSPS) is 20.0. The third-order valence-electron chi connectivity index (χ3n) is 4.19. The molecule has 1 heterocycles. The average Bonchev–Trinajstić information content (AvgIpc) is 3.05. The van der Waals surface area contributed by atoms with Crippen LogP contribution in [0, 0.1) is 0 Å². The number of rotatable bonds is 8. The summed E-state index contributed by atoms with van der Waals surface area (Å²) in [7, 11) is -3.33. The first-order valence-electron chi connectivity index (χ1n) is 8.30. The molecule has 1 N–H and O–H groups in total. The van der Waals surface area contributed by atoms with Crippen molar-refractivity contribution in [2.75, 3.05) is 26.0 Å². The lowest BCUT2D eigenvalue weighted by molar-refractivity contribution is -0.124. The molecule has 2 atom stereocenters. The average molecular weight is 354 g/mol. The maximum Gasteiger partial charge on any atom is 0.238 e. The van der Waals surface area contributed by atoms with Crippen molar-refractivity contribution < 1.29 is 17.9 Å². The number of carbonyl (C=O) groups excluding carboxylic acids is 1. The Morgan fingerprint density at radius 3 is 2.75 bits per heavy atom. The summed E-state index contributed by atoms with van der Waals surface area (Å²) < 4.78 is 30.4. The van der Waals surface area contributed by atoms with Crippen molar-refractivity contribution in [1.82, 2.24) is 9.62 Å². The Hall–Kier alpha value is -1.44. The molecule has 7 heteroatoms. The van der Waals surface area contributed by atoms with Crippen LogP contribution in [0.5, 0.6) is 0 Å². The number of nitrogens with zero attached hydrogens (tertiary/aromatic N) is 1. The van der Waals surface area contributed by atoms with Crippen molar-refractivity contribution in [3.63, 3.8) is 0 Å². The van der Waals surface area contributed by atoms with Crippen LogP contribution in [0.15, 0.2) is 30.3 Å². The van der Waals surface area contributed by atoms with E-state index in [1.54, 1.807) is 0 Å². The molecule has 1 aliphatic heterocycles. The summed E-state index contributed by atoms with van der Waals surface area (Å²) in [4.78, 5) is 12.2. The first-order valence-corrected chi connectivity index (χ1v) is 10.2. The SMILES string of the molecule is CC(OCCCNC(=O)C1CCCN1S(C)(=O)=O)c1ccccc1. The lowest BCUT2D eigenvalue weighted by Crippen LogP contribution is -2.45. The summed E-state index contributed by atoms with van der Waals surface area (Å²) in [5.41, 5.74) is 1.12. The van der Waals surface area contributed by atoms with E-state index in [4.69, 9.17) is 4.74 Å². The van der Waals surface area contributed by atoms with Crippen LogP contribution < -0.4 is 5.32 Å². The van der Waals surface area contributed by atoms with Gasteiger partial charge < -0.3 is 10.1 Å². The number of hydrogen-bond donors (Lipinski definition) is 1. The monoisotopic (exact) mass is 354 g/mol. The molecule has 6 nitrogen and oxygen atoms in total. The minimum absolute atomic E-state index is 0.0115. The minimum Gasteiger partial charge on any atom is -0.374 e. The molecule has 0 aromatic heterocycles. The molecule has 0 aliphatic carbocycles. The molecule has 1 aromatic carbocycles. The molecular weight excluding hydrogens is 328 g/mol. The maximum atomic E-state index is 12.2. The zero-order valence-electron chi connectivity index (χ0n) is 14.3. The van der Waals surface area contributed by atoms with E-state index in [-0.39, 0.29) is 12.0 Å². The van der Waals surface area contributed by atoms with Crippen LogP contribution >= 0.6 is 0 Å². The summed E-state index contributed by atoms with van der Waals surface area (Å²) in [6, 6.07) is 9.40. The number of benzene rings is 1. The number of hydrogen-bond acceptors (Lipinski definition) is 4. The molecular formula is C17H26N2O4S. The second-order valence-corrected chi connectivity index (χ2v) is 8.04. The van der Waals surface area contributed by atoms with E-state index >= 15 is 0 Å². The van der Waals surface area contributed by atoms with Crippen molar-refractivity contribution in [3.8, 4) is 0 Å². The van der Waals surface area contributed by atoms with Crippen molar-refractivity contribution in [2.24, 2.45) is 0 Å². The Morgan fingerprint density at radius 1 is 1.38 bits per heavy atom. The summed E-state index contributed by atoms with van der Waals surface area (Å²) in [5.74, 6) is -0.214. The third kappa shape index (κ3) is 5.29. The summed E-state index contributed by atoms with van der Waals surface area (Å²) >= 11 is 0. The van der Waals surface area contributed by atoms with Gasteiger partial charge in [-0.15, -0.1) is 0 Å². The predicted octanol–water partition coefficient (Wildman–Crippen LogP) is 1.69. The van der Waals surface area contributed by atoms with E-state index in [1.807, 2.05) is 37.3 Å². The van der Waals surface area contributed by atoms with E-state index in [1.165, 1.54) is 4.31 Å². The van der Waals surface area contributed by atoms with Crippen molar-refractivity contribution in [3.05, 3.63) is 35.9 Å². The molecule has 2 rings (SSSR count). The van der Waals surface area contributed by atoms with Crippen molar-refractivity contribution in [2.45, 2.75) is 38.3 Å². The highest BCUT2D eigenvalue weighted by molar-refractivity contribution is 7.88. The van der Waals surface area contributed by atoms with Gasteiger partial charge in [0, 0.05) is 19.7 Å². The molecule has 0 radical (unpaired) electrons. The fourth-order valence-corrected chi connectivity index (χ4v) is 4.01. The lowest BCUT2D eigenvalue weighted by Gasteiger charge is -2.21.